The summed E-state index contributed by atoms with van der Waals surface area (Å²) < 4.78 is 32.9. The second kappa shape index (κ2) is 10.3. The third-order valence-electron chi connectivity index (χ3n) is 5.41. The quantitative estimate of drug-likeness (QED) is 0.682. The highest BCUT2D eigenvalue weighted by Crippen LogP contribution is 2.28. The van der Waals surface area contributed by atoms with E-state index < -0.39 is 28.3 Å². The van der Waals surface area contributed by atoms with E-state index in [4.69, 9.17) is 4.74 Å². The van der Waals surface area contributed by atoms with Gasteiger partial charge in [0, 0.05) is 13.1 Å². The lowest BCUT2D eigenvalue weighted by Crippen LogP contribution is -2.51. The molecule has 3 rings (SSSR count). The molecule has 0 aromatic heterocycles. The van der Waals surface area contributed by atoms with Gasteiger partial charge >= 0.3 is 6.09 Å². The molecule has 0 bridgehead atoms. The van der Waals surface area contributed by atoms with Crippen LogP contribution in [0.2, 0.25) is 0 Å². The first-order valence-corrected chi connectivity index (χ1v) is 12.0. The zero-order valence-electron chi connectivity index (χ0n) is 17.9. The van der Waals surface area contributed by atoms with Gasteiger partial charge in [-0.05, 0) is 42.9 Å². The second-order valence-electron chi connectivity index (χ2n) is 7.97. The maximum absolute atomic E-state index is 13.3. The van der Waals surface area contributed by atoms with E-state index >= 15 is 0 Å². The van der Waals surface area contributed by atoms with Gasteiger partial charge in [-0.25, -0.2) is 13.2 Å². The van der Waals surface area contributed by atoms with Crippen LogP contribution in [0.4, 0.5) is 4.79 Å². The minimum Gasteiger partial charge on any atom is -0.450 e. The molecule has 1 aliphatic rings. The molecule has 2 aromatic carbocycles. The van der Waals surface area contributed by atoms with E-state index in [9.17, 15) is 18.3 Å². The molecule has 0 spiro atoms. The first kappa shape index (κ1) is 23.2. The van der Waals surface area contributed by atoms with Gasteiger partial charge < -0.3 is 15.2 Å². The first-order chi connectivity index (χ1) is 14.8. The normalized spacial score (nSPS) is 20.2. The van der Waals surface area contributed by atoms with Crippen molar-refractivity contribution in [2.24, 2.45) is 5.92 Å². The number of β-amino-alcohol motifs (C(OH)–C–C–N with tert-alkyl or cyclic N) is 1. The molecule has 31 heavy (non-hydrogen) atoms. The van der Waals surface area contributed by atoms with E-state index in [2.05, 4.69) is 5.32 Å². The minimum absolute atomic E-state index is 0.0937. The summed E-state index contributed by atoms with van der Waals surface area (Å²) in [6, 6.07) is 15.7. The van der Waals surface area contributed by atoms with Crippen LogP contribution in [0.1, 0.15) is 25.0 Å². The van der Waals surface area contributed by atoms with Gasteiger partial charge in [-0.15, -0.1) is 0 Å². The van der Waals surface area contributed by atoms with Gasteiger partial charge in [0.2, 0.25) is 10.0 Å². The number of nitrogens with one attached hydrogen (secondary N) is 1. The second-order valence-corrected chi connectivity index (χ2v) is 9.87. The molecule has 7 nitrogen and oxygen atoms in total. The standard InChI is InChI=1S/C23H30N2O5S/c1-3-30-23(27)24-20(14-18-9-5-4-6-10-18)21(26)16-25-15-17(2)13-19-11-7-8-12-22(19)31(25,28)29/h4-12,17,20-21,26H,3,13-16H2,1-2H3,(H,24,27)/t17-,20+,21-/m1/s1. The van der Waals surface area contributed by atoms with Crippen molar-refractivity contribution in [3.63, 3.8) is 0 Å². The monoisotopic (exact) mass is 446 g/mol. The molecule has 1 heterocycles. The van der Waals surface area contributed by atoms with E-state index in [-0.39, 0.29) is 24.0 Å². The molecule has 2 N–H and O–H groups in total. The summed E-state index contributed by atoms with van der Waals surface area (Å²) in [5, 5.41) is 13.7. The smallest absolute Gasteiger partial charge is 0.407 e. The van der Waals surface area contributed by atoms with Gasteiger partial charge in [0.05, 0.1) is 23.6 Å². The highest BCUT2D eigenvalue weighted by Gasteiger charge is 2.35. The van der Waals surface area contributed by atoms with Gasteiger partial charge in [0.25, 0.3) is 0 Å². The Balaban J connectivity index is 1.83. The van der Waals surface area contributed by atoms with E-state index in [1.807, 2.05) is 49.4 Å². The molecule has 0 fully saturated rings. The van der Waals surface area contributed by atoms with Gasteiger partial charge in [-0.3, -0.25) is 0 Å². The van der Waals surface area contributed by atoms with Crippen LogP contribution >= 0.6 is 0 Å². The molecule has 0 saturated heterocycles. The van der Waals surface area contributed by atoms with Crippen molar-refractivity contribution in [1.82, 2.24) is 9.62 Å². The summed E-state index contributed by atoms with van der Waals surface area (Å²) in [5.74, 6) is 0.0937. The van der Waals surface area contributed by atoms with Crippen LogP contribution in [0.15, 0.2) is 59.5 Å². The molecule has 0 aliphatic carbocycles. The topological polar surface area (TPSA) is 95.9 Å². The van der Waals surface area contributed by atoms with Crippen LogP contribution in [-0.4, -0.2) is 55.8 Å². The zero-order valence-corrected chi connectivity index (χ0v) is 18.7. The van der Waals surface area contributed by atoms with Gasteiger partial charge in [0.1, 0.15) is 0 Å². The Bertz CT molecular complexity index is 980. The summed E-state index contributed by atoms with van der Waals surface area (Å²) in [4.78, 5) is 12.3. The maximum atomic E-state index is 13.3. The Kier molecular flexibility index (Phi) is 7.69. The number of ether oxygens (including phenoxy) is 1. The lowest BCUT2D eigenvalue weighted by Gasteiger charge is -2.29. The predicted octanol–water partition coefficient (Wildman–Crippen LogP) is 2.59. The number of hydrogen-bond acceptors (Lipinski definition) is 5. The number of carbonyl (C=O) groups excluding carboxylic acids is 1. The van der Waals surface area contributed by atoms with E-state index in [0.29, 0.717) is 19.4 Å². The molecule has 2 aromatic rings. The van der Waals surface area contributed by atoms with Crippen LogP contribution in [0.3, 0.4) is 0 Å². The van der Waals surface area contributed by atoms with Crippen molar-refractivity contribution < 1.29 is 23.1 Å². The lowest BCUT2D eigenvalue weighted by molar-refractivity contribution is 0.0906. The fraction of sp³-hybridized carbons (Fsp3) is 0.435. The third-order valence-corrected chi connectivity index (χ3v) is 7.34. The molecule has 168 valence electrons. The van der Waals surface area contributed by atoms with Crippen molar-refractivity contribution in [3.8, 4) is 0 Å². The van der Waals surface area contributed by atoms with Crippen molar-refractivity contribution >= 4 is 16.1 Å². The molecule has 1 amide bonds. The molecule has 3 atom stereocenters. The molecular weight excluding hydrogens is 416 g/mol. The molecule has 0 saturated carbocycles. The Labute approximate surface area is 184 Å². The van der Waals surface area contributed by atoms with E-state index in [0.717, 1.165) is 11.1 Å². The molecule has 0 radical (unpaired) electrons. The van der Waals surface area contributed by atoms with Crippen molar-refractivity contribution in [1.29, 1.82) is 0 Å². The number of sulfonamides is 1. The number of aliphatic hydroxyl groups is 1. The minimum atomic E-state index is -3.76. The Morgan fingerprint density at radius 2 is 1.87 bits per heavy atom. The SMILES string of the molecule is CCOC(=O)N[C@@H](Cc1ccccc1)[C@H](O)CN1C[C@H](C)Cc2ccccc2S1(=O)=O. The highest BCUT2D eigenvalue weighted by molar-refractivity contribution is 7.89. The summed E-state index contributed by atoms with van der Waals surface area (Å²) in [7, 11) is -3.76. The van der Waals surface area contributed by atoms with Crippen LogP contribution in [-0.2, 0) is 27.6 Å². The molecular formula is C23H30N2O5S. The fourth-order valence-electron chi connectivity index (χ4n) is 3.93. The Morgan fingerprint density at radius 1 is 1.19 bits per heavy atom. The molecule has 0 unspecified atom stereocenters. The van der Waals surface area contributed by atoms with Crippen LogP contribution in [0, 0.1) is 5.92 Å². The number of carbonyl (C=O) groups is 1. The van der Waals surface area contributed by atoms with Gasteiger partial charge in [-0.1, -0.05) is 55.5 Å². The zero-order chi connectivity index (χ0) is 22.4. The van der Waals surface area contributed by atoms with Crippen molar-refractivity contribution in [2.75, 3.05) is 19.7 Å². The van der Waals surface area contributed by atoms with E-state index in [1.165, 1.54) is 4.31 Å². The van der Waals surface area contributed by atoms with Crippen molar-refractivity contribution in [3.05, 3.63) is 65.7 Å². The average Bonchev–Trinajstić information content (AvgIpc) is 2.82. The van der Waals surface area contributed by atoms with Gasteiger partial charge in [0.15, 0.2) is 0 Å². The van der Waals surface area contributed by atoms with Crippen LogP contribution in [0.25, 0.3) is 0 Å². The number of benzene rings is 2. The molecule has 1 aliphatic heterocycles. The number of hydrogen-bond donors (Lipinski definition) is 2. The fourth-order valence-corrected chi connectivity index (χ4v) is 5.74. The number of amides is 1. The van der Waals surface area contributed by atoms with Crippen LogP contribution in [0.5, 0.6) is 0 Å². The largest absolute Gasteiger partial charge is 0.450 e. The molecule has 8 heteroatoms. The average molecular weight is 447 g/mol. The lowest BCUT2D eigenvalue weighted by atomic mass is 10.00. The summed E-state index contributed by atoms with van der Waals surface area (Å²) >= 11 is 0. The maximum Gasteiger partial charge on any atom is 0.407 e. The number of nitrogens with zero attached hydrogens (tertiary/aromatic N) is 1. The van der Waals surface area contributed by atoms with Gasteiger partial charge in [-0.2, -0.15) is 4.31 Å². The summed E-state index contributed by atoms with van der Waals surface area (Å²) in [6.45, 7) is 4.07. The van der Waals surface area contributed by atoms with Crippen LogP contribution < -0.4 is 5.32 Å². The summed E-state index contributed by atoms with van der Waals surface area (Å²) in [6.07, 6.45) is -0.756. The highest BCUT2D eigenvalue weighted by atomic mass is 32.2. The Morgan fingerprint density at radius 3 is 2.58 bits per heavy atom. The number of fused-ring (bicyclic) bond motifs is 1. The number of alkyl carbamates (subject to hydrolysis) is 1. The van der Waals surface area contributed by atoms with E-state index in [1.54, 1.807) is 19.1 Å². The number of aliphatic hydroxyl groups excluding tert-OH is 1. The van der Waals surface area contributed by atoms with Crippen molar-refractivity contribution in [2.45, 2.75) is 43.7 Å². The predicted molar refractivity (Wildman–Crippen MR) is 118 cm³/mol. The third kappa shape index (κ3) is 5.84. The summed E-state index contributed by atoms with van der Waals surface area (Å²) in [5.41, 5.74) is 1.71. The Hall–Kier alpha value is -2.42. The number of rotatable bonds is 7. The first-order valence-electron chi connectivity index (χ1n) is 10.5.